The number of carbonyl (C=O) groups is 1. The maximum absolute atomic E-state index is 12.0. The molecule has 3 N–H and O–H groups in total. The van der Waals surface area contributed by atoms with Gasteiger partial charge in [0.1, 0.15) is 0 Å². The van der Waals surface area contributed by atoms with Crippen LogP contribution in [0.3, 0.4) is 0 Å². The summed E-state index contributed by atoms with van der Waals surface area (Å²) in [5, 5.41) is 13.7. The first-order valence-corrected chi connectivity index (χ1v) is 7.83. The van der Waals surface area contributed by atoms with Gasteiger partial charge in [-0.2, -0.15) is 5.10 Å². The number of aromatic amines is 1. The number of hydrogen-bond donors (Lipinski definition) is 3. The van der Waals surface area contributed by atoms with Crippen molar-refractivity contribution in [1.82, 2.24) is 15.5 Å². The second kappa shape index (κ2) is 6.17. The number of benzene rings is 1. The number of nitrogens with one attached hydrogen (secondary N) is 3. The second-order valence-corrected chi connectivity index (χ2v) is 6.29. The van der Waals surface area contributed by atoms with Crippen LogP contribution in [-0.2, 0) is 4.79 Å². The first kappa shape index (κ1) is 14.6. The molecule has 0 bridgehead atoms. The van der Waals surface area contributed by atoms with E-state index < -0.39 is 0 Å². The molecule has 110 valence electrons. The molecule has 1 aliphatic rings. The van der Waals surface area contributed by atoms with Gasteiger partial charge in [-0.05, 0) is 31.2 Å². The number of hydrogen-bond acceptors (Lipinski definition) is 3. The molecule has 2 aromatic rings. The van der Waals surface area contributed by atoms with E-state index in [1.165, 1.54) is 0 Å². The van der Waals surface area contributed by atoms with Crippen molar-refractivity contribution in [3.05, 3.63) is 33.8 Å². The van der Waals surface area contributed by atoms with Crippen LogP contribution in [0.15, 0.2) is 28.7 Å². The molecule has 1 fully saturated rings. The summed E-state index contributed by atoms with van der Waals surface area (Å²) in [6.07, 6.45) is 0.862. The number of anilines is 1. The van der Waals surface area contributed by atoms with E-state index in [1.54, 1.807) is 6.07 Å². The molecule has 0 saturated carbocycles. The zero-order valence-electron chi connectivity index (χ0n) is 11.1. The van der Waals surface area contributed by atoms with Gasteiger partial charge in [0, 0.05) is 22.6 Å². The second-order valence-electron chi connectivity index (χ2n) is 4.97. The summed E-state index contributed by atoms with van der Waals surface area (Å²) < 4.78 is 0.930. The Bertz CT molecular complexity index is 667. The van der Waals surface area contributed by atoms with Crippen LogP contribution in [0, 0.1) is 5.92 Å². The maximum atomic E-state index is 12.0. The lowest BCUT2D eigenvalue weighted by molar-refractivity contribution is -0.119. The van der Waals surface area contributed by atoms with E-state index >= 15 is 0 Å². The first-order chi connectivity index (χ1) is 10.1. The van der Waals surface area contributed by atoms with Gasteiger partial charge in [-0.25, -0.2) is 0 Å². The zero-order valence-corrected chi connectivity index (χ0v) is 13.5. The molecule has 7 heteroatoms. The minimum absolute atomic E-state index is 0.00149. The lowest BCUT2D eigenvalue weighted by Gasteiger charge is -2.06. The molecular formula is C14H14BrClN4O. The first-order valence-electron chi connectivity index (χ1n) is 6.66. The van der Waals surface area contributed by atoms with E-state index in [9.17, 15) is 4.79 Å². The van der Waals surface area contributed by atoms with E-state index in [4.69, 9.17) is 11.6 Å². The Morgan fingerprint density at radius 3 is 3.05 bits per heavy atom. The molecule has 1 aromatic carbocycles. The maximum Gasteiger partial charge on any atom is 0.230 e. The number of amides is 1. The number of halogens is 2. The highest BCUT2D eigenvalue weighted by Gasteiger charge is 2.23. The third kappa shape index (κ3) is 3.28. The van der Waals surface area contributed by atoms with Crippen molar-refractivity contribution in [2.24, 2.45) is 5.92 Å². The summed E-state index contributed by atoms with van der Waals surface area (Å²) >= 11 is 9.60. The van der Waals surface area contributed by atoms with Crippen LogP contribution in [0.1, 0.15) is 6.42 Å². The summed E-state index contributed by atoms with van der Waals surface area (Å²) in [5.74, 6) is 0.524. The average Bonchev–Trinajstić information content (AvgIpc) is 3.12. The Hall–Kier alpha value is -1.37. The normalized spacial score (nSPS) is 17.9. The Morgan fingerprint density at radius 1 is 1.43 bits per heavy atom. The van der Waals surface area contributed by atoms with Crippen LogP contribution < -0.4 is 10.6 Å². The number of aromatic nitrogens is 2. The summed E-state index contributed by atoms with van der Waals surface area (Å²) in [5.41, 5.74) is 1.60. The Morgan fingerprint density at radius 2 is 2.29 bits per heavy atom. The van der Waals surface area contributed by atoms with Crippen molar-refractivity contribution in [3.8, 4) is 11.3 Å². The summed E-state index contributed by atoms with van der Waals surface area (Å²) in [4.78, 5) is 12.0. The largest absolute Gasteiger partial charge is 0.316 e. The molecule has 0 aliphatic carbocycles. The fraction of sp³-hybridized carbons (Fsp3) is 0.286. The number of carbonyl (C=O) groups excluding carboxylic acids is 1. The molecule has 1 aliphatic heterocycles. The third-order valence-electron chi connectivity index (χ3n) is 3.48. The fourth-order valence-corrected chi connectivity index (χ4v) is 2.91. The van der Waals surface area contributed by atoms with E-state index in [0.717, 1.165) is 35.2 Å². The molecule has 21 heavy (non-hydrogen) atoms. The predicted molar refractivity (Wildman–Crippen MR) is 86.3 cm³/mol. The van der Waals surface area contributed by atoms with Crippen molar-refractivity contribution in [1.29, 1.82) is 0 Å². The van der Waals surface area contributed by atoms with Crippen molar-refractivity contribution < 1.29 is 4.79 Å². The highest BCUT2D eigenvalue weighted by Crippen LogP contribution is 2.30. The molecule has 5 nitrogen and oxygen atoms in total. The Labute approximate surface area is 135 Å². The highest BCUT2D eigenvalue weighted by molar-refractivity contribution is 9.10. The Kier molecular flexibility index (Phi) is 4.28. The standard InChI is InChI=1S/C14H14BrClN4O/c15-9-1-2-11(16)10(5-9)12-6-13(20-19-12)18-14(21)8-3-4-17-7-8/h1-2,5-6,8,17H,3-4,7H2,(H2,18,19,20,21). The highest BCUT2D eigenvalue weighted by atomic mass is 79.9. The third-order valence-corrected chi connectivity index (χ3v) is 4.30. The molecule has 1 unspecified atom stereocenters. The molecule has 0 radical (unpaired) electrons. The van der Waals surface area contributed by atoms with E-state index in [-0.39, 0.29) is 11.8 Å². The predicted octanol–water partition coefficient (Wildman–Crippen LogP) is 3.04. The van der Waals surface area contributed by atoms with Gasteiger partial charge >= 0.3 is 0 Å². The van der Waals surface area contributed by atoms with Gasteiger partial charge < -0.3 is 10.6 Å². The van der Waals surface area contributed by atoms with Gasteiger partial charge in [-0.1, -0.05) is 27.5 Å². The quantitative estimate of drug-likeness (QED) is 0.779. The molecule has 1 amide bonds. The van der Waals surface area contributed by atoms with Crippen molar-refractivity contribution in [2.75, 3.05) is 18.4 Å². The number of H-pyrrole nitrogens is 1. The minimum Gasteiger partial charge on any atom is -0.316 e. The van der Waals surface area contributed by atoms with Gasteiger partial charge in [-0.15, -0.1) is 0 Å². The van der Waals surface area contributed by atoms with E-state index in [1.807, 2.05) is 18.2 Å². The van der Waals surface area contributed by atoms with Crippen LogP contribution in [-0.4, -0.2) is 29.2 Å². The summed E-state index contributed by atoms with van der Waals surface area (Å²) in [6, 6.07) is 7.37. The molecule has 1 aromatic heterocycles. The zero-order chi connectivity index (χ0) is 14.8. The smallest absolute Gasteiger partial charge is 0.230 e. The molecule has 3 rings (SSSR count). The molecule has 1 atom stereocenters. The molecule has 0 spiro atoms. The van der Waals surface area contributed by atoms with Crippen molar-refractivity contribution >= 4 is 39.3 Å². The van der Waals surface area contributed by atoms with Gasteiger partial charge in [0.05, 0.1) is 16.6 Å². The topological polar surface area (TPSA) is 69.8 Å². The summed E-state index contributed by atoms with van der Waals surface area (Å²) in [7, 11) is 0. The van der Waals surface area contributed by atoms with Crippen molar-refractivity contribution in [2.45, 2.75) is 6.42 Å². The van der Waals surface area contributed by atoms with Crippen LogP contribution >= 0.6 is 27.5 Å². The molecular weight excluding hydrogens is 356 g/mol. The van der Waals surface area contributed by atoms with E-state index in [2.05, 4.69) is 36.8 Å². The number of nitrogens with zero attached hydrogens (tertiary/aromatic N) is 1. The van der Waals surface area contributed by atoms with Crippen molar-refractivity contribution in [3.63, 3.8) is 0 Å². The van der Waals surface area contributed by atoms with Crippen LogP contribution in [0.4, 0.5) is 5.82 Å². The average molecular weight is 370 g/mol. The SMILES string of the molecule is O=C(Nc1cc(-c2cc(Br)ccc2Cl)[nH]n1)C1CCNC1. The monoisotopic (exact) mass is 368 g/mol. The van der Waals surface area contributed by atoms with Gasteiger partial charge in [0.2, 0.25) is 5.91 Å². The Balaban J connectivity index is 1.77. The van der Waals surface area contributed by atoms with Crippen LogP contribution in [0.2, 0.25) is 5.02 Å². The molecule has 2 heterocycles. The number of rotatable bonds is 3. The lowest BCUT2D eigenvalue weighted by Crippen LogP contribution is -2.24. The van der Waals surface area contributed by atoms with Gasteiger partial charge in [0.15, 0.2) is 5.82 Å². The molecule has 1 saturated heterocycles. The van der Waals surface area contributed by atoms with Crippen LogP contribution in [0.5, 0.6) is 0 Å². The van der Waals surface area contributed by atoms with Gasteiger partial charge in [-0.3, -0.25) is 9.89 Å². The fourth-order valence-electron chi connectivity index (χ4n) is 2.33. The summed E-state index contributed by atoms with van der Waals surface area (Å²) in [6.45, 7) is 1.61. The van der Waals surface area contributed by atoms with E-state index in [0.29, 0.717) is 10.8 Å². The van der Waals surface area contributed by atoms with Crippen LogP contribution in [0.25, 0.3) is 11.3 Å². The lowest BCUT2D eigenvalue weighted by atomic mass is 10.1. The van der Waals surface area contributed by atoms with Gasteiger partial charge in [0.25, 0.3) is 0 Å². The minimum atomic E-state index is -0.00149.